The van der Waals surface area contributed by atoms with Gasteiger partial charge in [-0.05, 0) is 50.9 Å². The summed E-state index contributed by atoms with van der Waals surface area (Å²) in [7, 11) is 4.23. The molecule has 1 saturated heterocycles. The number of nitriles is 1. The fourth-order valence-corrected chi connectivity index (χ4v) is 3.57. The summed E-state index contributed by atoms with van der Waals surface area (Å²) >= 11 is 0. The van der Waals surface area contributed by atoms with Crippen molar-refractivity contribution in [2.75, 3.05) is 25.5 Å². The lowest BCUT2D eigenvalue weighted by atomic mass is 9.87. The largest absolute Gasteiger partial charge is 0.370 e. The summed E-state index contributed by atoms with van der Waals surface area (Å²) in [5.74, 6) is 1.25. The molecule has 0 spiro atoms. The predicted octanol–water partition coefficient (Wildman–Crippen LogP) is 2.49. The molecule has 1 aliphatic rings. The lowest BCUT2D eigenvalue weighted by Gasteiger charge is -2.39. The maximum absolute atomic E-state index is 9.14. The van der Waals surface area contributed by atoms with Crippen LogP contribution in [0.5, 0.6) is 0 Å². The second kappa shape index (κ2) is 7.02. The topological polar surface area (TPSA) is 69.8 Å². The number of anilines is 1. The standard InChI is InChI=1S/C18H24N6/c1-13-6-7-17(22-15(13)9-19)21-10-14-5-4-8-23(2)18(14)16-11-20-12-24(16)3/h6-7,11-12,14,18H,4-5,8,10H2,1-3H3,(H,21,22)/t14-,18+/m0/s1. The van der Waals surface area contributed by atoms with Gasteiger partial charge in [0.1, 0.15) is 17.6 Å². The van der Waals surface area contributed by atoms with Crippen molar-refractivity contribution in [1.29, 1.82) is 5.26 Å². The lowest BCUT2D eigenvalue weighted by Crippen LogP contribution is -2.39. The van der Waals surface area contributed by atoms with Crippen LogP contribution in [0.2, 0.25) is 0 Å². The molecule has 6 heteroatoms. The first-order valence-corrected chi connectivity index (χ1v) is 8.38. The van der Waals surface area contributed by atoms with E-state index in [1.165, 1.54) is 18.5 Å². The molecule has 0 bridgehead atoms. The molecule has 1 aliphatic heterocycles. The van der Waals surface area contributed by atoms with Crippen molar-refractivity contribution in [3.05, 3.63) is 41.6 Å². The molecule has 1 N–H and O–H groups in total. The molecule has 1 fully saturated rings. The van der Waals surface area contributed by atoms with E-state index in [2.05, 4.69) is 44.9 Å². The van der Waals surface area contributed by atoms with Crippen molar-refractivity contribution in [2.45, 2.75) is 25.8 Å². The molecule has 3 rings (SSSR count). The van der Waals surface area contributed by atoms with Crippen LogP contribution in [-0.2, 0) is 7.05 Å². The van der Waals surface area contributed by atoms with Crippen molar-refractivity contribution >= 4 is 5.82 Å². The molecule has 0 unspecified atom stereocenters. The summed E-state index contributed by atoms with van der Waals surface area (Å²) in [5, 5.41) is 12.6. The van der Waals surface area contributed by atoms with Gasteiger partial charge in [-0.3, -0.25) is 4.90 Å². The highest BCUT2D eigenvalue weighted by atomic mass is 15.2. The monoisotopic (exact) mass is 324 g/mol. The summed E-state index contributed by atoms with van der Waals surface area (Å²) in [6, 6.07) is 6.39. The average molecular weight is 324 g/mol. The van der Waals surface area contributed by atoms with Crippen LogP contribution in [0.1, 0.15) is 35.8 Å². The summed E-state index contributed by atoms with van der Waals surface area (Å²) in [6.07, 6.45) is 6.20. The second-order valence-electron chi connectivity index (χ2n) is 6.61. The molecule has 2 aromatic rings. The Kier molecular flexibility index (Phi) is 4.81. The van der Waals surface area contributed by atoms with E-state index in [4.69, 9.17) is 5.26 Å². The molecular formula is C18H24N6. The van der Waals surface area contributed by atoms with Crippen LogP contribution in [0.4, 0.5) is 5.82 Å². The van der Waals surface area contributed by atoms with Crippen molar-refractivity contribution in [3.63, 3.8) is 0 Å². The van der Waals surface area contributed by atoms with Gasteiger partial charge in [-0.1, -0.05) is 6.07 Å². The van der Waals surface area contributed by atoms with Crippen LogP contribution in [0.25, 0.3) is 0 Å². The minimum atomic E-state index is 0.347. The first-order valence-electron chi connectivity index (χ1n) is 8.38. The van der Waals surface area contributed by atoms with Crippen LogP contribution in [0.3, 0.4) is 0 Å². The average Bonchev–Trinajstić information content (AvgIpc) is 3.00. The van der Waals surface area contributed by atoms with Crippen LogP contribution >= 0.6 is 0 Å². The van der Waals surface area contributed by atoms with E-state index in [1.54, 1.807) is 0 Å². The molecule has 126 valence electrons. The van der Waals surface area contributed by atoms with E-state index in [0.717, 1.165) is 24.5 Å². The number of imidazole rings is 1. The number of rotatable bonds is 4. The summed E-state index contributed by atoms with van der Waals surface area (Å²) in [4.78, 5) is 11.1. The van der Waals surface area contributed by atoms with Gasteiger partial charge in [0.2, 0.25) is 0 Å². The maximum atomic E-state index is 9.14. The summed E-state index contributed by atoms with van der Waals surface area (Å²) in [5.41, 5.74) is 2.65. The molecule has 0 aliphatic carbocycles. The van der Waals surface area contributed by atoms with Crippen molar-refractivity contribution in [2.24, 2.45) is 13.0 Å². The highest BCUT2D eigenvalue weighted by Crippen LogP contribution is 2.34. The fraction of sp³-hybridized carbons (Fsp3) is 0.500. The van der Waals surface area contributed by atoms with Gasteiger partial charge >= 0.3 is 0 Å². The highest BCUT2D eigenvalue weighted by Gasteiger charge is 2.32. The van der Waals surface area contributed by atoms with Gasteiger partial charge in [-0.2, -0.15) is 5.26 Å². The maximum Gasteiger partial charge on any atom is 0.145 e. The van der Waals surface area contributed by atoms with Gasteiger partial charge in [-0.15, -0.1) is 0 Å². The molecule has 2 atom stereocenters. The zero-order chi connectivity index (χ0) is 17.1. The number of hydrogen-bond acceptors (Lipinski definition) is 5. The Morgan fingerprint density at radius 3 is 2.92 bits per heavy atom. The Labute approximate surface area is 143 Å². The van der Waals surface area contributed by atoms with Crippen LogP contribution in [-0.4, -0.2) is 39.6 Å². The van der Waals surface area contributed by atoms with Gasteiger partial charge in [0.15, 0.2) is 0 Å². The van der Waals surface area contributed by atoms with Gasteiger partial charge in [0.05, 0.1) is 18.1 Å². The molecule has 3 heterocycles. The van der Waals surface area contributed by atoms with E-state index in [9.17, 15) is 0 Å². The number of hydrogen-bond donors (Lipinski definition) is 1. The normalized spacial score (nSPS) is 21.4. The molecule has 0 amide bonds. The first kappa shape index (κ1) is 16.5. The van der Waals surface area contributed by atoms with Gasteiger partial charge < -0.3 is 9.88 Å². The van der Waals surface area contributed by atoms with Crippen molar-refractivity contribution < 1.29 is 0 Å². The Balaban J connectivity index is 1.75. The molecule has 0 saturated carbocycles. The SMILES string of the molecule is Cc1ccc(NC[C@@H]2CCCN(C)[C@H]2c2cncn2C)nc1C#N. The number of nitrogens with zero attached hydrogens (tertiary/aromatic N) is 5. The molecule has 2 aromatic heterocycles. The van der Waals surface area contributed by atoms with E-state index in [0.29, 0.717) is 17.7 Å². The second-order valence-corrected chi connectivity index (χ2v) is 6.61. The number of pyridine rings is 1. The number of aromatic nitrogens is 3. The van der Waals surface area contributed by atoms with Crippen molar-refractivity contribution in [3.8, 4) is 6.07 Å². The van der Waals surface area contributed by atoms with Gasteiger partial charge in [-0.25, -0.2) is 9.97 Å². The third-order valence-corrected chi connectivity index (χ3v) is 4.91. The number of likely N-dealkylation sites (tertiary alicyclic amines) is 1. The quantitative estimate of drug-likeness (QED) is 0.935. The van der Waals surface area contributed by atoms with Crippen LogP contribution < -0.4 is 5.32 Å². The van der Waals surface area contributed by atoms with Crippen molar-refractivity contribution in [1.82, 2.24) is 19.4 Å². The minimum Gasteiger partial charge on any atom is -0.370 e. The summed E-state index contributed by atoms with van der Waals surface area (Å²) < 4.78 is 2.11. The first-order chi connectivity index (χ1) is 11.6. The van der Waals surface area contributed by atoms with E-state index >= 15 is 0 Å². The third kappa shape index (κ3) is 3.26. The van der Waals surface area contributed by atoms with Gasteiger partial charge in [0, 0.05) is 19.8 Å². The third-order valence-electron chi connectivity index (χ3n) is 4.91. The van der Waals surface area contributed by atoms with Crippen LogP contribution in [0, 0.1) is 24.2 Å². The lowest BCUT2D eigenvalue weighted by molar-refractivity contribution is 0.122. The van der Waals surface area contributed by atoms with E-state index in [1.807, 2.05) is 31.6 Å². The molecular weight excluding hydrogens is 300 g/mol. The number of piperidine rings is 1. The van der Waals surface area contributed by atoms with Gasteiger partial charge in [0.25, 0.3) is 0 Å². The van der Waals surface area contributed by atoms with E-state index < -0.39 is 0 Å². The number of nitrogens with one attached hydrogen (secondary N) is 1. The molecule has 0 aromatic carbocycles. The molecule has 6 nitrogen and oxygen atoms in total. The highest BCUT2D eigenvalue weighted by molar-refractivity contribution is 5.42. The molecule has 24 heavy (non-hydrogen) atoms. The Bertz CT molecular complexity index is 744. The smallest absolute Gasteiger partial charge is 0.145 e. The van der Waals surface area contributed by atoms with Crippen LogP contribution in [0.15, 0.2) is 24.7 Å². The fourth-order valence-electron chi connectivity index (χ4n) is 3.57. The Morgan fingerprint density at radius 1 is 1.38 bits per heavy atom. The Morgan fingerprint density at radius 2 is 2.21 bits per heavy atom. The zero-order valence-electron chi connectivity index (χ0n) is 14.5. The predicted molar refractivity (Wildman–Crippen MR) is 93.5 cm³/mol. The summed E-state index contributed by atoms with van der Waals surface area (Å²) in [6.45, 7) is 3.85. The molecule has 0 radical (unpaired) electrons. The zero-order valence-corrected chi connectivity index (χ0v) is 14.5. The number of aryl methyl sites for hydroxylation is 2. The van der Waals surface area contributed by atoms with E-state index in [-0.39, 0.29) is 0 Å². The minimum absolute atomic E-state index is 0.347. The Hall–Kier alpha value is -2.39.